The number of carboxylic acids is 1. The number of carbonyl (C=O) groups excluding carboxylic acids is 1. The molecule has 1 heterocycles. The maximum absolute atomic E-state index is 12.8. The monoisotopic (exact) mass is 415 g/mol. The number of rotatable bonds is 10. The minimum atomic E-state index is -0.813. The molecule has 0 aromatic carbocycles. The zero-order valence-electron chi connectivity index (χ0n) is 16.0. The number of ether oxygens (including phenoxy) is 1. The van der Waals surface area contributed by atoms with Gasteiger partial charge in [0.25, 0.3) is 0 Å². The van der Waals surface area contributed by atoms with Gasteiger partial charge in [-0.2, -0.15) is 0 Å². The van der Waals surface area contributed by atoms with E-state index >= 15 is 0 Å². The van der Waals surface area contributed by atoms with Crippen LogP contribution < -0.4 is 5.32 Å². The van der Waals surface area contributed by atoms with Crippen LogP contribution in [0.5, 0.6) is 0 Å². The summed E-state index contributed by atoms with van der Waals surface area (Å²) in [6.45, 7) is 5.07. The molecule has 9 heteroatoms. The second-order valence-electron chi connectivity index (χ2n) is 6.81. The molecule has 2 N–H and O–H groups in total. The number of anilines is 1. The summed E-state index contributed by atoms with van der Waals surface area (Å²) in [6, 6.07) is 0.115. The highest BCUT2D eigenvalue weighted by Gasteiger charge is 2.26. The Hall–Kier alpha value is -1.32. The molecule has 2 rings (SSSR count). The van der Waals surface area contributed by atoms with Gasteiger partial charge in [-0.05, 0) is 26.7 Å². The Labute approximate surface area is 168 Å². The van der Waals surface area contributed by atoms with Crippen molar-refractivity contribution in [2.45, 2.75) is 68.7 Å². The Morgan fingerprint density at radius 1 is 1.41 bits per heavy atom. The van der Waals surface area contributed by atoms with Gasteiger partial charge in [-0.1, -0.05) is 30.6 Å². The number of hydrogen-bond donors (Lipinski definition) is 2. The van der Waals surface area contributed by atoms with Crippen LogP contribution in [0.2, 0.25) is 0 Å². The van der Waals surface area contributed by atoms with Crippen LogP contribution in [0.25, 0.3) is 0 Å². The van der Waals surface area contributed by atoms with Gasteiger partial charge in [0.1, 0.15) is 0 Å². The van der Waals surface area contributed by atoms with Crippen LogP contribution >= 0.6 is 23.1 Å². The molecule has 152 valence electrons. The second-order valence-corrected chi connectivity index (χ2v) is 9.24. The molecule has 1 aliphatic rings. The van der Waals surface area contributed by atoms with E-state index in [1.54, 1.807) is 6.20 Å². The van der Waals surface area contributed by atoms with Crippen molar-refractivity contribution >= 4 is 40.2 Å². The van der Waals surface area contributed by atoms with E-state index in [9.17, 15) is 9.59 Å². The van der Waals surface area contributed by atoms with Crippen LogP contribution in [0.1, 0.15) is 52.4 Å². The largest absolute Gasteiger partial charge is 0.481 e. The Balaban J connectivity index is 1.91. The number of hydrogen-bond acceptors (Lipinski definition) is 6. The molecule has 1 aromatic heterocycles. The Bertz CT molecular complexity index is 603. The van der Waals surface area contributed by atoms with E-state index in [1.165, 1.54) is 29.5 Å². The fraction of sp³-hybridized carbons (Fsp3) is 0.722. The van der Waals surface area contributed by atoms with Crippen LogP contribution in [0.4, 0.5) is 9.93 Å². The number of carbonyl (C=O) groups is 2. The first kappa shape index (κ1) is 22.0. The average Bonchev–Trinajstić information content (AvgIpc) is 3.06. The number of thioether (sulfide) groups is 1. The van der Waals surface area contributed by atoms with Gasteiger partial charge in [-0.3, -0.25) is 10.1 Å². The first-order valence-electron chi connectivity index (χ1n) is 9.45. The quantitative estimate of drug-likeness (QED) is 0.554. The van der Waals surface area contributed by atoms with Crippen molar-refractivity contribution in [3.05, 3.63) is 6.20 Å². The zero-order chi connectivity index (χ0) is 19.6. The number of nitrogens with one attached hydrogen (secondary N) is 1. The highest BCUT2D eigenvalue weighted by molar-refractivity contribution is 8.01. The van der Waals surface area contributed by atoms with Gasteiger partial charge in [0.15, 0.2) is 5.13 Å². The van der Waals surface area contributed by atoms with Gasteiger partial charge < -0.3 is 14.7 Å². The molecule has 1 saturated carbocycles. The van der Waals surface area contributed by atoms with Crippen molar-refractivity contribution in [1.82, 2.24) is 9.88 Å². The maximum atomic E-state index is 12.8. The lowest BCUT2D eigenvalue weighted by molar-refractivity contribution is -0.136. The minimum absolute atomic E-state index is 0.107. The summed E-state index contributed by atoms with van der Waals surface area (Å²) in [5.41, 5.74) is 0. The predicted molar refractivity (Wildman–Crippen MR) is 109 cm³/mol. The summed E-state index contributed by atoms with van der Waals surface area (Å²) < 4.78 is 6.55. The van der Waals surface area contributed by atoms with Crippen molar-refractivity contribution in [2.24, 2.45) is 0 Å². The van der Waals surface area contributed by atoms with E-state index in [2.05, 4.69) is 10.3 Å². The molecule has 0 unspecified atom stereocenters. The summed E-state index contributed by atoms with van der Waals surface area (Å²) in [4.78, 5) is 29.6. The molecule has 27 heavy (non-hydrogen) atoms. The van der Waals surface area contributed by atoms with E-state index in [4.69, 9.17) is 9.84 Å². The number of aliphatic carboxylic acids is 1. The average molecular weight is 416 g/mol. The molecule has 1 aliphatic carbocycles. The van der Waals surface area contributed by atoms with Crippen LogP contribution in [-0.4, -0.2) is 58.0 Å². The highest BCUT2D eigenvalue weighted by Crippen LogP contribution is 2.29. The highest BCUT2D eigenvalue weighted by atomic mass is 32.2. The van der Waals surface area contributed by atoms with Crippen molar-refractivity contribution in [1.29, 1.82) is 0 Å². The van der Waals surface area contributed by atoms with Crippen LogP contribution in [-0.2, 0) is 9.53 Å². The zero-order valence-corrected chi connectivity index (χ0v) is 17.6. The van der Waals surface area contributed by atoms with Crippen LogP contribution in [0.15, 0.2) is 10.4 Å². The Kier molecular flexibility index (Phi) is 9.36. The number of thiazole rings is 1. The molecule has 0 atom stereocenters. The topological polar surface area (TPSA) is 91.8 Å². The molecule has 0 bridgehead atoms. The predicted octanol–water partition coefficient (Wildman–Crippen LogP) is 4.30. The second kappa shape index (κ2) is 11.5. The first-order valence-corrected chi connectivity index (χ1v) is 11.3. The van der Waals surface area contributed by atoms with Crippen LogP contribution in [0, 0.1) is 0 Å². The summed E-state index contributed by atoms with van der Waals surface area (Å²) in [6.07, 6.45) is 7.53. The van der Waals surface area contributed by atoms with E-state index in [0.717, 1.165) is 29.9 Å². The normalized spacial score (nSPS) is 15.1. The summed E-state index contributed by atoms with van der Waals surface area (Å²) >= 11 is 2.82. The standard InChI is InChI=1S/C18H29N3O4S2/c1-13(2)25-10-9-21(14-6-4-3-5-7-14)18(24)20-17-19-12-16(27-17)26-11-8-15(22)23/h12-14H,3-11H2,1-2H3,(H,22,23)(H,19,20,24). The number of amides is 2. The number of nitrogens with zero attached hydrogens (tertiary/aromatic N) is 2. The van der Waals surface area contributed by atoms with Crippen molar-refractivity contribution in [2.75, 3.05) is 24.2 Å². The minimum Gasteiger partial charge on any atom is -0.481 e. The number of aromatic nitrogens is 1. The van der Waals surface area contributed by atoms with Gasteiger partial charge in [-0.15, -0.1) is 11.8 Å². The summed E-state index contributed by atoms with van der Waals surface area (Å²) in [5.74, 6) is -0.321. The molecule has 7 nitrogen and oxygen atoms in total. The van der Waals surface area contributed by atoms with Gasteiger partial charge >= 0.3 is 12.0 Å². The van der Waals surface area contributed by atoms with E-state index in [1.807, 2.05) is 18.7 Å². The summed E-state index contributed by atoms with van der Waals surface area (Å²) in [7, 11) is 0. The molecular formula is C18H29N3O4S2. The molecule has 0 aliphatic heterocycles. The van der Waals surface area contributed by atoms with E-state index in [0.29, 0.717) is 24.0 Å². The molecule has 0 radical (unpaired) electrons. The molecule has 0 saturated heterocycles. The molecule has 1 aromatic rings. The fourth-order valence-corrected chi connectivity index (χ4v) is 4.88. The van der Waals surface area contributed by atoms with Gasteiger partial charge in [0.05, 0.1) is 29.5 Å². The first-order chi connectivity index (χ1) is 13.0. The lowest BCUT2D eigenvalue weighted by Gasteiger charge is -2.34. The Morgan fingerprint density at radius 2 is 2.15 bits per heavy atom. The van der Waals surface area contributed by atoms with Crippen molar-refractivity contribution in [3.63, 3.8) is 0 Å². The summed E-state index contributed by atoms with van der Waals surface area (Å²) in [5, 5.41) is 12.2. The smallest absolute Gasteiger partial charge is 0.323 e. The van der Waals surface area contributed by atoms with E-state index in [-0.39, 0.29) is 24.6 Å². The fourth-order valence-electron chi connectivity index (χ4n) is 3.02. The third kappa shape index (κ3) is 8.06. The molecule has 0 spiro atoms. The van der Waals surface area contributed by atoms with Gasteiger partial charge in [0, 0.05) is 18.3 Å². The Morgan fingerprint density at radius 3 is 2.81 bits per heavy atom. The lowest BCUT2D eigenvalue weighted by Crippen LogP contribution is -2.45. The molecular weight excluding hydrogens is 386 g/mol. The van der Waals surface area contributed by atoms with Crippen molar-refractivity contribution < 1.29 is 19.4 Å². The van der Waals surface area contributed by atoms with Gasteiger partial charge in [0.2, 0.25) is 0 Å². The number of urea groups is 1. The van der Waals surface area contributed by atoms with E-state index < -0.39 is 5.97 Å². The third-order valence-electron chi connectivity index (χ3n) is 4.32. The molecule has 1 fully saturated rings. The molecule has 2 amide bonds. The van der Waals surface area contributed by atoms with Crippen LogP contribution in [0.3, 0.4) is 0 Å². The SMILES string of the molecule is CC(C)OCCN(C(=O)Nc1ncc(SCCC(=O)O)s1)C1CCCCC1. The third-order valence-corrected chi connectivity index (χ3v) is 6.43. The lowest BCUT2D eigenvalue weighted by atomic mass is 9.94. The van der Waals surface area contributed by atoms with Gasteiger partial charge in [-0.25, -0.2) is 9.78 Å². The number of carboxylic acid groups (broad SMARTS) is 1. The van der Waals surface area contributed by atoms with Crippen molar-refractivity contribution in [3.8, 4) is 0 Å². The maximum Gasteiger partial charge on any atom is 0.323 e.